The number of benzene rings is 3. The molecule has 3 aromatic carbocycles. The van der Waals surface area contributed by atoms with Crippen LogP contribution in [0.1, 0.15) is 36.4 Å². The highest BCUT2D eigenvalue weighted by Crippen LogP contribution is 2.24. The Morgan fingerprint density at radius 1 is 0.946 bits per heavy atom. The van der Waals surface area contributed by atoms with Gasteiger partial charge in [-0.3, -0.25) is 4.79 Å². The van der Waals surface area contributed by atoms with E-state index < -0.39 is 0 Å². The number of hydrogen-bond acceptors (Lipinski definition) is 4. The van der Waals surface area contributed by atoms with E-state index in [0.29, 0.717) is 18.9 Å². The van der Waals surface area contributed by atoms with Crippen LogP contribution in [0.2, 0.25) is 0 Å². The predicted octanol–water partition coefficient (Wildman–Crippen LogP) is 4.93. The molecule has 0 radical (unpaired) electrons. The second-order valence-electron chi connectivity index (χ2n) is 9.33. The van der Waals surface area contributed by atoms with Crippen molar-refractivity contribution in [2.75, 3.05) is 33.2 Å². The molecule has 1 fully saturated rings. The molecule has 0 saturated carbocycles. The minimum absolute atomic E-state index is 0.0219. The second kappa shape index (κ2) is 13.5. The number of nitrogens with zero attached hydrogens (tertiary/aromatic N) is 2. The predicted molar refractivity (Wildman–Crippen MR) is 149 cm³/mol. The summed E-state index contributed by atoms with van der Waals surface area (Å²) >= 11 is 0. The highest BCUT2D eigenvalue weighted by molar-refractivity contribution is 5.84. The molecular weight excluding hydrogens is 462 g/mol. The van der Waals surface area contributed by atoms with Gasteiger partial charge in [-0.15, -0.1) is 0 Å². The lowest BCUT2D eigenvalue weighted by atomic mass is 10.0. The van der Waals surface area contributed by atoms with Gasteiger partial charge in [0.1, 0.15) is 11.5 Å². The van der Waals surface area contributed by atoms with E-state index in [2.05, 4.69) is 20.9 Å². The number of aryl methyl sites for hydroxylation is 1. The van der Waals surface area contributed by atoms with Crippen molar-refractivity contribution < 1.29 is 9.53 Å². The average molecular weight is 500 g/mol. The van der Waals surface area contributed by atoms with Crippen molar-refractivity contribution in [3.63, 3.8) is 0 Å². The second-order valence-corrected chi connectivity index (χ2v) is 9.33. The standard InChI is InChI=1S/C30H37N5O2/c1-23-10-14-26(15-11-23)37-27-16-12-25(13-17-27)33-30(31-2)34-28(24-8-4-3-5-9-24)22-29(36)32-18-21-35-19-6-7-20-35/h3-5,8-17,28H,6-7,18-22H2,1-2H3,(H,32,36)(H2,31,33,34). The van der Waals surface area contributed by atoms with Crippen LogP contribution in [0.4, 0.5) is 5.69 Å². The zero-order valence-electron chi connectivity index (χ0n) is 21.7. The van der Waals surface area contributed by atoms with Crippen LogP contribution in [0.5, 0.6) is 11.5 Å². The Balaban J connectivity index is 1.38. The summed E-state index contributed by atoms with van der Waals surface area (Å²) in [5.74, 6) is 2.15. The van der Waals surface area contributed by atoms with E-state index in [4.69, 9.17) is 9.73 Å². The molecule has 0 aliphatic carbocycles. The van der Waals surface area contributed by atoms with Gasteiger partial charge >= 0.3 is 0 Å². The molecule has 37 heavy (non-hydrogen) atoms. The molecule has 4 rings (SSSR count). The normalized spacial score (nSPS) is 14.7. The molecule has 1 atom stereocenters. The summed E-state index contributed by atoms with van der Waals surface area (Å²) in [6, 6.07) is 25.3. The first-order chi connectivity index (χ1) is 18.1. The van der Waals surface area contributed by atoms with E-state index in [-0.39, 0.29) is 11.9 Å². The Labute approximate surface area is 219 Å². The van der Waals surface area contributed by atoms with Gasteiger partial charge in [-0.1, -0.05) is 48.0 Å². The fourth-order valence-electron chi connectivity index (χ4n) is 4.34. The summed E-state index contributed by atoms with van der Waals surface area (Å²) in [6.45, 7) is 5.89. The number of rotatable bonds is 10. The molecule has 7 heteroatoms. The third-order valence-corrected chi connectivity index (χ3v) is 6.42. The van der Waals surface area contributed by atoms with Gasteiger partial charge in [0.2, 0.25) is 5.91 Å². The molecule has 1 unspecified atom stereocenters. The minimum Gasteiger partial charge on any atom is -0.457 e. The van der Waals surface area contributed by atoms with E-state index in [1.165, 1.54) is 18.4 Å². The van der Waals surface area contributed by atoms with Crippen molar-refractivity contribution in [1.29, 1.82) is 0 Å². The maximum atomic E-state index is 12.8. The lowest BCUT2D eigenvalue weighted by molar-refractivity contribution is -0.121. The van der Waals surface area contributed by atoms with Crippen LogP contribution >= 0.6 is 0 Å². The molecule has 1 amide bonds. The van der Waals surface area contributed by atoms with Crippen LogP contribution in [-0.4, -0.2) is 50.0 Å². The van der Waals surface area contributed by atoms with Gasteiger partial charge in [-0.2, -0.15) is 0 Å². The van der Waals surface area contributed by atoms with Gasteiger partial charge in [0.25, 0.3) is 0 Å². The first-order valence-electron chi connectivity index (χ1n) is 13.0. The van der Waals surface area contributed by atoms with Crippen LogP contribution in [0.15, 0.2) is 83.9 Å². The molecule has 194 valence electrons. The van der Waals surface area contributed by atoms with Crippen molar-refractivity contribution in [2.45, 2.75) is 32.2 Å². The lowest BCUT2D eigenvalue weighted by Crippen LogP contribution is -2.40. The number of ether oxygens (including phenoxy) is 1. The lowest BCUT2D eigenvalue weighted by Gasteiger charge is -2.21. The Kier molecular flexibility index (Phi) is 9.54. The summed E-state index contributed by atoms with van der Waals surface area (Å²) in [6.07, 6.45) is 2.82. The number of nitrogens with one attached hydrogen (secondary N) is 3. The molecule has 7 nitrogen and oxygen atoms in total. The van der Waals surface area contributed by atoms with Crippen molar-refractivity contribution in [2.24, 2.45) is 4.99 Å². The number of guanidine groups is 1. The Morgan fingerprint density at radius 2 is 1.59 bits per heavy atom. The van der Waals surface area contributed by atoms with E-state index in [1.54, 1.807) is 0 Å². The van der Waals surface area contributed by atoms with Crippen molar-refractivity contribution in [3.05, 3.63) is 90.0 Å². The number of hydrogen-bond donors (Lipinski definition) is 3. The summed E-state index contributed by atoms with van der Waals surface area (Å²) in [5, 5.41) is 9.65. The van der Waals surface area contributed by atoms with Gasteiger partial charge in [-0.05, 0) is 74.8 Å². The van der Waals surface area contributed by atoms with Gasteiger partial charge in [-0.25, -0.2) is 4.99 Å². The third kappa shape index (κ3) is 8.36. The van der Waals surface area contributed by atoms with E-state index in [9.17, 15) is 4.79 Å². The summed E-state index contributed by atoms with van der Waals surface area (Å²) in [5.41, 5.74) is 2.99. The smallest absolute Gasteiger partial charge is 0.222 e. The van der Waals surface area contributed by atoms with Crippen molar-refractivity contribution in [3.8, 4) is 11.5 Å². The molecular formula is C30H37N5O2. The van der Waals surface area contributed by atoms with Gasteiger partial charge in [0, 0.05) is 20.1 Å². The largest absolute Gasteiger partial charge is 0.457 e. The van der Waals surface area contributed by atoms with Crippen molar-refractivity contribution >= 4 is 17.6 Å². The van der Waals surface area contributed by atoms with Crippen LogP contribution in [0.3, 0.4) is 0 Å². The van der Waals surface area contributed by atoms with Crippen LogP contribution in [-0.2, 0) is 4.79 Å². The van der Waals surface area contributed by atoms with Gasteiger partial charge in [0.15, 0.2) is 5.96 Å². The summed E-state index contributed by atoms with van der Waals surface area (Å²) < 4.78 is 5.92. The molecule has 0 aromatic heterocycles. The van der Waals surface area contributed by atoms with Crippen molar-refractivity contribution in [1.82, 2.24) is 20.9 Å². The highest BCUT2D eigenvalue weighted by Gasteiger charge is 2.18. The molecule has 1 aliphatic heterocycles. The van der Waals surface area contributed by atoms with E-state index in [0.717, 1.165) is 42.4 Å². The molecule has 3 N–H and O–H groups in total. The summed E-state index contributed by atoms with van der Waals surface area (Å²) in [7, 11) is 1.82. The average Bonchev–Trinajstić information content (AvgIpc) is 3.44. The molecule has 1 heterocycles. The zero-order chi connectivity index (χ0) is 25.9. The SMILES string of the molecule is CN/C(=N/c1ccc(Oc2ccc(C)cc2)cc1)NC(CC(=O)NCCN1CCCC1)c1ccccc1. The molecule has 1 aliphatic rings. The first kappa shape index (κ1) is 26.2. The maximum absolute atomic E-state index is 12.8. The Hall–Kier alpha value is -3.84. The van der Waals surface area contributed by atoms with Crippen LogP contribution < -0.4 is 20.7 Å². The maximum Gasteiger partial charge on any atom is 0.222 e. The highest BCUT2D eigenvalue weighted by atomic mass is 16.5. The number of carbonyl (C=O) groups excluding carboxylic acids is 1. The molecule has 0 bridgehead atoms. The number of aliphatic imine (C=N–C) groups is 1. The Morgan fingerprint density at radius 3 is 2.24 bits per heavy atom. The minimum atomic E-state index is -0.219. The van der Waals surface area contributed by atoms with E-state index >= 15 is 0 Å². The Bertz CT molecular complexity index is 1140. The number of carbonyl (C=O) groups is 1. The first-order valence-corrected chi connectivity index (χ1v) is 13.0. The number of amides is 1. The fourth-order valence-corrected chi connectivity index (χ4v) is 4.34. The monoisotopic (exact) mass is 499 g/mol. The number of likely N-dealkylation sites (tertiary alicyclic amines) is 1. The molecule has 1 saturated heterocycles. The quantitative estimate of drug-likeness (QED) is 0.272. The van der Waals surface area contributed by atoms with Gasteiger partial charge in [0.05, 0.1) is 18.2 Å². The topological polar surface area (TPSA) is 78.0 Å². The third-order valence-electron chi connectivity index (χ3n) is 6.42. The molecule has 3 aromatic rings. The fraction of sp³-hybridized carbons (Fsp3) is 0.333. The van der Waals surface area contributed by atoms with Crippen LogP contribution in [0, 0.1) is 6.92 Å². The van der Waals surface area contributed by atoms with Gasteiger partial charge < -0.3 is 25.6 Å². The summed E-state index contributed by atoms with van der Waals surface area (Å²) in [4.78, 5) is 19.9. The van der Waals surface area contributed by atoms with Crippen LogP contribution in [0.25, 0.3) is 0 Å². The molecule has 0 spiro atoms. The van der Waals surface area contributed by atoms with E-state index in [1.807, 2.05) is 92.8 Å². The zero-order valence-corrected chi connectivity index (χ0v) is 21.7.